The molecule has 0 aromatic carbocycles. The minimum atomic E-state index is -3.24. The number of fused-ring (bicyclic) bond motifs is 1. The first-order valence-electron chi connectivity index (χ1n) is 7.04. The Labute approximate surface area is 142 Å². The van der Waals surface area contributed by atoms with Crippen LogP contribution >= 0.6 is 0 Å². The third-order valence-corrected chi connectivity index (χ3v) is 3.94. The Morgan fingerprint density at radius 2 is 1.88 bits per heavy atom. The molecule has 2 aromatic rings. The van der Waals surface area contributed by atoms with E-state index >= 15 is 0 Å². The molecule has 2 unspecified atom stereocenters. The molecule has 13 heteroatoms. The summed E-state index contributed by atoms with van der Waals surface area (Å²) in [5, 5.41) is 37.4. The summed E-state index contributed by atoms with van der Waals surface area (Å²) < 4.78 is 1.32. The van der Waals surface area contributed by atoms with Crippen molar-refractivity contribution >= 4 is 29.1 Å². The average Bonchev–Trinajstić information content (AvgIpc) is 3.01. The number of hydrogen-bond donors (Lipinski definition) is 5. The molecule has 0 amide bonds. The summed E-state index contributed by atoms with van der Waals surface area (Å²) in [6.07, 6.45) is -0.316. The van der Waals surface area contributed by atoms with Crippen molar-refractivity contribution in [1.82, 2.24) is 19.1 Å². The van der Waals surface area contributed by atoms with Gasteiger partial charge in [-0.25, -0.2) is 14.6 Å². The van der Waals surface area contributed by atoms with Gasteiger partial charge in [0.25, 0.3) is 5.56 Å². The Morgan fingerprint density at radius 1 is 1.27 bits per heavy atom. The fraction of sp³-hybridized carbons (Fsp3) is 0.385. The maximum absolute atomic E-state index is 12.4. The number of nitrogens with one attached hydrogen (secondary N) is 1. The number of carboxylic acid groups (broad SMARTS) is 3. The van der Waals surface area contributed by atoms with Crippen LogP contribution in [-0.4, -0.2) is 63.0 Å². The number of aromatic amines is 1. The van der Waals surface area contributed by atoms with Gasteiger partial charge < -0.3 is 25.4 Å². The summed E-state index contributed by atoms with van der Waals surface area (Å²) in [5.74, 6) is -8.07. The fourth-order valence-electron chi connectivity index (χ4n) is 2.55. The molecule has 0 radical (unpaired) electrons. The van der Waals surface area contributed by atoms with Gasteiger partial charge in [0.05, 0.1) is 12.7 Å². The molecule has 2 rings (SSSR count). The number of hydrogen-bond acceptors (Lipinski definition) is 7. The quantitative estimate of drug-likeness (QED) is 0.344. The number of rotatable bonds is 7. The number of H-pyrrole nitrogens is 1. The molecule has 0 saturated heterocycles. The van der Waals surface area contributed by atoms with Crippen LogP contribution in [0, 0.1) is 5.92 Å². The molecule has 2 aromatic heterocycles. The first-order valence-corrected chi connectivity index (χ1v) is 7.04. The van der Waals surface area contributed by atoms with E-state index < -0.39 is 53.6 Å². The van der Waals surface area contributed by atoms with Gasteiger partial charge in [-0.1, -0.05) is 0 Å². The topological polar surface area (TPSA) is 205 Å². The Bertz CT molecular complexity index is 1020. The average molecular weight is 370 g/mol. The summed E-state index contributed by atoms with van der Waals surface area (Å²) in [7, 11) is 1.25. The highest BCUT2D eigenvalue weighted by atomic mass is 16.4. The molecule has 0 aliphatic rings. The minimum Gasteiger partial charge on any atom is -0.481 e. The van der Waals surface area contributed by atoms with Crippen molar-refractivity contribution in [3.63, 3.8) is 0 Å². The molecule has 2 atom stereocenters. The van der Waals surface area contributed by atoms with E-state index in [0.29, 0.717) is 4.57 Å². The number of aromatic nitrogens is 4. The van der Waals surface area contributed by atoms with Gasteiger partial charge in [-0.05, 0) is 0 Å². The predicted molar refractivity (Wildman–Crippen MR) is 81.6 cm³/mol. The standard InChI is InChI=1S/C13H14N4O9/c1-16-8-7(14-4-15-8)9(20)17(12(16)25)3-5(10(21)22)13(26,11(23)24)2-6(18)19/h4-5,26H,2-3H2,1H3,(H,14,15)(H,18,19)(H,21,22)(H,23,24). The minimum absolute atomic E-state index is 0.0119. The predicted octanol–water partition coefficient (Wildman–Crippen LogP) is -2.59. The van der Waals surface area contributed by atoms with Gasteiger partial charge in [0.2, 0.25) is 0 Å². The van der Waals surface area contributed by atoms with Gasteiger partial charge in [0.15, 0.2) is 11.2 Å². The highest BCUT2D eigenvalue weighted by Crippen LogP contribution is 2.24. The fourth-order valence-corrected chi connectivity index (χ4v) is 2.55. The van der Waals surface area contributed by atoms with E-state index in [2.05, 4.69) is 9.97 Å². The van der Waals surface area contributed by atoms with Crippen molar-refractivity contribution < 1.29 is 34.8 Å². The van der Waals surface area contributed by atoms with E-state index in [-0.39, 0.29) is 11.2 Å². The van der Waals surface area contributed by atoms with Crippen LogP contribution in [0.5, 0.6) is 0 Å². The number of aliphatic carboxylic acids is 3. The molecule has 2 heterocycles. The Hall–Kier alpha value is -3.48. The van der Waals surface area contributed by atoms with E-state index in [0.717, 1.165) is 10.9 Å². The summed E-state index contributed by atoms with van der Waals surface area (Å²) in [6.45, 7) is -1.06. The van der Waals surface area contributed by atoms with Crippen LogP contribution in [0.3, 0.4) is 0 Å². The number of nitrogens with zero attached hydrogens (tertiary/aromatic N) is 3. The summed E-state index contributed by atoms with van der Waals surface area (Å²) in [4.78, 5) is 64.6. The van der Waals surface area contributed by atoms with Gasteiger partial charge in [0.1, 0.15) is 11.4 Å². The third kappa shape index (κ3) is 2.95. The molecular formula is C13H14N4O9. The van der Waals surface area contributed by atoms with Gasteiger partial charge >= 0.3 is 23.6 Å². The first kappa shape index (κ1) is 18.9. The van der Waals surface area contributed by atoms with E-state index in [1.165, 1.54) is 7.05 Å². The van der Waals surface area contributed by atoms with E-state index in [9.17, 15) is 34.2 Å². The molecule has 0 bridgehead atoms. The van der Waals surface area contributed by atoms with Crippen molar-refractivity contribution in [2.45, 2.75) is 18.6 Å². The molecule has 0 fully saturated rings. The largest absolute Gasteiger partial charge is 0.481 e. The lowest BCUT2D eigenvalue weighted by atomic mass is 9.84. The van der Waals surface area contributed by atoms with Crippen LogP contribution in [0.4, 0.5) is 0 Å². The SMILES string of the molecule is Cn1c(=O)n(CC(C(=O)O)C(O)(CC(=O)O)C(=O)O)c(=O)c2[nH]cnc21. The van der Waals surface area contributed by atoms with Crippen LogP contribution in [0.1, 0.15) is 6.42 Å². The van der Waals surface area contributed by atoms with E-state index in [1.807, 2.05) is 0 Å². The van der Waals surface area contributed by atoms with Crippen LogP contribution in [-0.2, 0) is 28.0 Å². The summed E-state index contributed by atoms with van der Waals surface area (Å²) >= 11 is 0. The Balaban J connectivity index is 2.66. The summed E-state index contributed by atoms with van der Waals surface area (Å²) in [5.41, 5.74) is -5.40. The van der Waals surface area contributed by atoms with Gasteiger partial charge in [-0.15, -0.1) is 0 Å². The van der Waals surface area contributed by atoms with Crippen LogP contribution < -0.4 is 11.2 Å². The van der Waals surface area contributed by atoms with Crippen molar-refractivity contribution in [1.29, 1.82) is 0 Å². The zero-order chi connectivity index (χ0) is 19.8. The maximum Gasteiger partial charge on any atom is 0.337 e. The maximum atomic E-state index is 12.4. The second-order valence-electron chi connectivity index (χ2n) is 5.55. The number of carboxylic acids is 3. The summed E-state index contributed by atoms with van der Waals surface area (Å²) in [6, 6.07) is 0. The smallest absolute Gasteiger partial charge is 0.337 e. The molecule has 0 aliphatic carbocycles. The van der Waals surface area contributed by atoms with Crippen LogP contribution in [0.2, 0.25) is 0 Å². The first-order chi connectivity index (χ1) is 12.0. The third-order valence-electron chi connectivity index (χ3n) is 3.94. The van der Waals surface area contributed by atoms with Crippen LogP contribution in [0.25, 0.3) is 11.2 Å². The molecule has 140 valence electrons. The number of aryl methyl sites for hydroxylation is 1. The van der Waals surface area contributed by atoms with Gasteiger partial charge in [0, 0.05) is 13.6 Å². The molecule has 5 N–H and O–H groups in total. The van der Waals surface area contributed by atoms with Crippen molar-refractivity contribution in [3.05, 3.63) is 27.2 Å². The molecule has 0 saturated carbocycles. The van der Waals surface area contributed by atoms with Crippen molar-refractivity contribution in [3.8, 4) is 0 Å². The molecular weight excluding hydrogens is 356 g/mol. The molecule has 13 nitrogen and oxygen atoms in total. The van der Waals surface area contributed by atoms with Gasteiger partial charge in [-0.2, -0.15) is 0 Å². The molecule has 26 heavy (non-hydrogen) atoms. The normalized spacial score (nSPS) is 14.7. The zero-order valence-corrected chi connectivity index (χ0v) is 13.2. The highest BCUT2D eigenvalue weighted by Gasteiger charge is 2.50. The van der Waals surface area contributed by atoms with E-state index in [1.54, 1.807) is 0 Å². The monoisotopic (exact) mass is 370 g/mol. The Morgan fingerprint density at radius 3 is 2.38 bits per heavy atom. The molecule has 0 aliphatic heterocycles. The lowest BCUT2D eigenvalue weighted by Gasteiger charge is -2.28. The van der Waals surface area contributed by atoms with E-state index in [4.69, 9.17) is 10.2 Å². The number of imidazole rings is 1. The van der Waals surface area contributed by atoms with Crippen LogP contribution in [0.15, 0.2) is 15.9 Å². The number of carbonyl (C=O) groups is 3. The lowest BCUT2D eigenvalue weighted by molar-refractivity contribution is -0.180. The van der Waals surface area contributed by atoms with Crippen molar-refractivity contribution in [2.24, 2.45) is 13.0 Å². The second-order valence-corrected chi connectivity index (χ2v) is 5.55. The molecule has 0 spiro atoms. The lowest BCUT2D eigenvalue weighted by Crippen LogP contribution is -2.54. The number of aliphatic hydroxyl groups is 1. The highest BCUT2D eigenvalue weighted by molar-refractivity contribution is 5.89. The van der Waals surface area contributed by atoms with Crippen molar-refractivity contribution in [2.75, 3.05) is 0 Å². The zero-order valence-electron chi connectivity index (χ0n) is 13.2. The Kier molecular flexibility index (Phi) is 4.67. The van der Waals surface area contributed by atoms with Gasteiger partial charge in [-0.3, -0.25) is 23.5 Å². The second kappa shape index (κ2) is 6.44.